The Labute approximate surface area is 149 Å². The summed E-state index contributed by atoms with van der Waals surface area (Å²) in [5, 5.41) is 0.812. The van der Waals surface area contributed by atoms with E-state index in [1.807, 2.05) is 24.3 Å². The van der Waals surface area contributed by atoms with Gasteiger partial charge in [0.15, 0.2) is 0 Å². The summed E-state index contributed by atoms with van der Waals surface area (Å²) in [4.78, 5) is -0.288. The summed E-state index contributed by atoms with van der Waals surface area (Å²) < 4.78 is 61.2. The molecule has 0 radical (unpaired) electrons. The van der Waals surface area contributed by atoms with E-state index in [1.165, 1.54) is 26.0 Å². The summed E-state index contributed by atoms with van der Waals surface area (Å²) in [5.74, 6) is 0. The largest absolute Gasteiger partial charge is 0.295 e. The van der Waals surface area contributed by atoms with Crippen molar-refractivity contribution in [2.75, 3.05) is 4.72 Å². The lowest BCUT2D eigenvalue weighted by atomic mass is 10.1. The first kappa shape index (κ1) is 17.9. The van der Waals surface area contributed by atoms with Crippen molar-refractivity contribution >= 4 is 47.3 Å². The molecule has 25 heavy (non-hydrogen) atoms. The minimum Gasteiger partial charge on any atom is -0.282 e. The van der Waals surface area contributed by atoms with Crippen molar-refractivity contribution in [3.8, 4) is 0 Å². The van der Waals surface area contributed by atoms with Gasteiger partial charge in [-0.1, -0.05) is 24.3 Å². The zero-order valence-corrected chi connectivity index (χ0v) is 15.8. The topological polar surface area (TPSA) is 101 Å². The molecule has 0 saturated heterocycles. The van der Waals surface area contributed by atoms with Gasteiger partial charge in [-0.25, -0.2) is 8.42 Å². The molecule has 0 amide bonds. The van der Waals surface area contributed by atoms with Crippen LogP contribution in [0.3, 0.4) is 0 Å². The third-order valence-corrected chi connectivity index (χ3v) is 7.87. The maximum atomic E-state index is 12.7. The normalized spacial score (nSPS) is 12.4. The van der Waals surface area contributed by atoms with E-state index < -0.39 is 20.1 Å². The third kappa shape index (κ3) is 3.40. The van der Waals surface area contributed by atoms with E-state index in [9.17, 15) is 21.4 Å². The molecule has 3 rings (SSSR count). The second-order valence-corrected chi connectivity index (χ2v) is 9.92. The molecule has 0 atom stereocenters. The fourth-order valence-electron chi connectivity index (χ4n) is 2.62. The van der Waals surface area contributed by atoms with Crippen LogP contribution in [0.25, 0.3) is 10.1 Å². The number of aryl methyl sites for hydroxylation is 1. The van der Waals surface area contributed by atoms with Gasteiger partial charge in [0.05, 0.1) is 5.69 Å². The van der Waals surface area contributed by atoms with Crippen LogP contribution in [0.2, 0.25) is 0 Å². The van der Waals surface area contributed by atoms with E-state index in [2.05, 4.69) is 4.72 Å². The van der Waals surface area contributed by atoms with Crippen molar-refractivity contribution in [2.24, 2.45) is 0 Å². The molecule has 6 nitrogen and oxygen atoms in total. The summed E-state index contributed by atoms with van der Waals surface area (Å²) in [6.07, 6.45) is 0. The fraction of sp³-hybridized carbons (Fsp3) is 0.125. The first-order chi connectivity index (χ1) is 11.6. The first-order valence-electron chi connectivity index (χ1n) is 7.19. The van der Waals surface area contributed by atoms with E-state index >= 15 is 0 Å². The van der Waals surface area contributed by atoms with Crippen molar-refractivity contribution in [3.63, 3.8) is 0 Å². The predicted molar refractivity (Wildman–Crippen MR) is 98.4 cm³/mol. The zero-order valence-electron chi connectivity index (χ0n) is 13.3. The highest BCUT2D eigenvalue weighted by molar-refractivity contribution is 7.94. The number of rotatable bonds is 4. The second kappa shape index (κ2) is 6.10. The summed E-state index contributed by atoms with van der Waals surface area (Å²) in [7, 11) is -8.34. The molecule has 0 aliphatic carbocycles. The molecular weight excluding hydrogens is 382 g/mol. The Balaban J connectivity index is 2.07. The number of thiophene rings is 1. The van der Waals surface area contributed by atoms with Gasteiger partial charge >= 0.3 is 0 Å². The summed E-state index contributed by atoms with van der Waals surface area (Å²) in [5.41, 5.74) is 0.590. The third-order valence-electron chi connectivity index (χ3n) is 3.77. The molecule has 0 saturated carbocycles. The fourth-order valence-corrected chi connectivity index (χ4v) is 6.11. The molecule has 2 N–H and O–H groups in total. The highest BCUT2D eigenvalue weighted by Gasteiger charge is 2.23. The van der Waals surface area contributed by atoms with Crippen LogP contribution in [0.5, 0.6) is 0 Å². The zero-order chi connectivity index (χ0) is 18.4. The van der Waals surface area contributed by atoms with E-state index in [0.717, 1.165) is 21.4 Å². The standard InChI is InChI=1S/C16H15NO5S3/c1-10-7-8-13(11(2)16(10)25(20,21)22)17-24(18,19)15-9-12-5-3-4-6-14(12)23-15/h3-9,17H,1-2H3,(H,20,21,22). The van der Waals surface area contributed by atoms with Crippen molar-refractivity contribution in [1.82, 2.24) is 0 Å². The number of benzene rings is 2. The molecule has 0 bridgehead atoms. The average molecular weight is 397 g/mol. The highest BCUT2D eigenvalue weighted by atomic mass is 32.2. The van der Waals surface area contributed by atoms with Gasteiger partial charge < -0.3 is 0 Å². The Morgan fingerprint density at radius 1 is 1.00 bits per heavy atom. The minimum absolute atomic E-state index is 0.107. The lowest BCUT2D eigenvalue weighted by Gasteiger charge is -2.13. The molecule has 0 aliphatic heterocycles. The van der Waals surface area contributed by atoms with Gasteiger partial charge in [0.2, 0.25) is 0 Å². The maximum Gasteiger partial charge on any atom is 0.295 e. The Kier molecular flexibility index (Phi) is 4.36. The van der Waals surface area contributed by atoms with Gasteiger partial charge in [0.1, 0.15) is 9.10 Å². The molecule has 1 aromatic heterocycles. The van der Waals surface area contributed by atoms with Crippen LogP contribution in [0, 0.1) is 13.8 Å². The van der Waals surface area contributed by atoms with Crippen LogP contribution in [-0.2, 0) is 20.1 Å². The highest BCUT2D eigenvalue weighted by Crippen LogP contribution is 2.32. The van der Waals surface area contributed by atoms with E-state index in [1.54, 1.807) is 6.07 Å². The van der Waals surface area contributed by atoms with Gasteiger partial charge in [0, 0.05) is 4.70 Å². The molecular formula is C16H15NO5S3. The van der Waals surface area contributed by atoms with Gasteiger partial charge in [0.25, 0.3) is 20.1 Å². The minimum atomic E-state index is -4.46. The van der Waals surface area contributed by atoms with Gasteiger partial charge in [-0.3, -0.25) is 9.27 Å². The molecule has 2 aromatic carbocycles. The van der Waals surface area contributed by atoms with Crippen molar-refractivity contribution in [2.45, 2.75) is 23.0 Å². The van der Waals surface area contributed by atoms with Crippen LogP contribution in [-0.4, -0.2) is 21.4 Å². The maximum absolute atomic E-state index is 12.7. The average Bonchev–Trinajstić information content (AvgIpc) is 2.94. The Hall–Kier alpha value is -1.94. The van der Waals surface area contributed by atoms with Crippen molar-refractivity contribution < 1.29 is 21.4 Å². The van der Waals surface area contributed by atoms with Crippen LogP contribution >= 0.6 is 11.3 Å². The van der Waals surface area contributed by atoms with Crippen LogP contribution in [0.1, 0.15) is 11.1 Å². The van der Waals surface area contributed by atoms with E-state index in [-0.39, 0.29) is 20.4 Å². The Bertz CT molecular complexity index is 1140. The summed E-state index contributed by atoms with van der Waals surface area (Å²) in [6, 6.07) is 11.8. The number of fused-ring (bicyclic) bond motifs is 1. The lowest BCUT2D eigenvalue weighted by Crippen LogP contribution is -2.14. The quantitative estimate of drug-likeness (QED) is 0.656. The Morgan fingerprint density at radius 3 is 2.32 bits per heavy atom. The second-order valence-electron chi connectivity index (χ2n) is 5.57. The van der Waals surface area contributed by atoms with Crippen LogP contribution < -0.4 is 4.72 Å². The first-order valence-corrected chi connectivity index (χ1v) is 10.9. The lowest BCUT2D eigenvalue weighted by molar-refractivity contribution is 0.482. The van der Waals surface area contributed by atoms with Crippen LogP contribution in [0.4, 0.5) is 5.69 Å². The smallest absolute Gasteiger partial charge is 0.282 e. The van der Waals surface area contributed by atoms with Gasteiger partial charge in [-0.15, -0.1) is 11.3 Å². The molecule has 9 heteroatoms. The molecule has 0 fully saturated rings. The summed E-state index contributed by atoms with van der Waals surface area (Å²) in [6.45, 7) is 2.97. The van der Waals surface area contributed by atoms with Gasteiger partial charge in [-0.2, -0.15) is 8.42 Å². The molecule has 3 aromatic rings. The van der Waals surface area contributed by atoms with Crippen molar-refractivity contribution in [3.05, 3.63) is 53.6 Å². The SMILES string of the molecule is Cc1ccc(NS(=O)(=O)c2cc3ccccc3s2)c(C)c1S(=O)(=O)O. The summed E-state index contributed by atoms with van der Waals surface area (Å²) >= 11 is 1.12. The monoisotopic (exact) mass is 397 g/mol. The number of hydrogen-bond donors (Lipinski definition) is 2. The molecule has 132 valence electrons. The van der Waals surface area contributed by atoms with Crippen LogP contribution in [0.15, 0.2) is 51.6 Å². The number of anilines is 1. The number of hydrogen-bond acceptors (Lipinski definition) is 5. The molecule has 0 aliphatic rings. The van der Waals surface area contributed by atoms with Crippen molar-refractivity contribution in [1.29, 1.82) is 0 Å². The predicted octanol–water partition coefficient (Wildman–Crippen LogP) is 3.57. The molecule has 1 heterocycles. The van der Waals surface area contributed by atoms with Gasteiger partial charge in [-0.05, 0) is 48.6 Å². The van der Waals surface area contributed by atoms with E-state index in [4.69, 9.17) is 0 Å². The van der Waals surface area contributed by atoms with E-state index in [0.29, 0.717) is 5.56 Å². The number of sulfonamides is 1. The number of nitrogens with one attached hydrogen (secondary N) is 1. The molecule has 0 unspecified atom stereocenters. The molecule has 0 spiro atoms. The Morgan fingerprint density at radius 2 is 1.68 bits per heavy atom.